The molecule has 0 aliphatic rings. The van der Waals surface area contributed by atoms with Crippen LogP contribution >= 0.6 is 0 Å². The van der Waals surface area contributed by atoms with Crippen molar-refractivity contribution in [3.63, 3.8) is 0 Å². The predicted molar refractivity (Wildman–Crippen MR) is 33.6 cm³/mol. The molecule has 0 fully saturated rings. The van der Waals surface area contributed by atoms with E-state index in [0.29, 0.717) is 0 Å². The van der Waals surface area contributed by atoms with Crippen LogP contribution in [0.2, 0.25) is 0 Å². The molecule has 65 valence electrons. The number of aliphatic carboxylic acids is 2. The molecular formula is C6H6CuO4. The SMILES string of the molecule is O=C(O)/C=C/C=C/C(=O)O.[Cu]. The maximum Gasteiger partial charge on any atom is 0.328 e. The van der Waals surface area contributed by atoms with Crippen molar-refractivity contribution in [2.75, 3.05) is 0 Å². The van der Waals surface area contributed by atoms with E-state index in [9.17, 15) is 9.59 Å². The third kappa shape index (κ3) is 12.2. The molecule has 1 radical (unpaired) electrons. The third-order valence-corrected chi connectivity index (χ3v) is 0.589. The summed E-state index contributed by atoms with van der Waals surface area (Å²) in [6.07, 6.45) is 3.96. The van der Waals surface area contributed by atoms with Gasteiger partial charge in [-0.15, -0.1) is 0 Å². The molecule has 0 aliphatic carbocycles. The van der Waals surface area contributed by atoms with Gasteiger partial charge in [-0.1, -0.05) is 12.2 Å². The van der Waals surface area contributed by atoms with E-state index < -0.39 is 11.9 Å². The smallest absolute Gasteiger partial charge is 0.328 e. The van der Waals surface area contributed by atoms with Gasteiger partial charge in [0.05, 0.1) is 0 Å². The Hall–Kier alpha value is -1.06. The van der Waals surface area contributed by atoms with Gasteiger partial charge in [-0.2, -0.15) is 0 Å². The fourth-order valence-corrected chi connectivity index (χ4v) is 0.276. The molecule has 0 amide bonds. The molecule has 11 heavy (non-hydrogen) atoms. The van der Waals surface area contributed by atoms with Gasteiger partial charge in [-0.05, 0) is 0 Å². The van der Waals surface area contributed by atoms with Crippen LogP contribution in [0.3, 0.4) is 0 Å². The average Bonchev–Trinajstić information content (AvgIpc) is 1.79. The van der Waals surface area contributed by atoms with Gasteiger partial charge in [-0.3, -0.25) is 0 Å². The molecule has 0 aromatic carbocycles. The van der Waals surface area contributed by atoms with Crippen molar-refractivity contribution in [3.05, 3.63) is 24.3 Å². The van der Waals surface area contributed by atoms with Crippen molar-refractivity contribution in [3.8, 4) is 0 Å². The van der Waals surface area contributed by atoms with E-state index >= 15 is 0 Å². The van der Waals surface area contributed by atoms with E-state index in [1.54, 1.807) is 0 Å². The molecular weight excluding hydrogens is 200 g/mol. The molecule has 0 heterocycles. The maximum atomic E-state index is 9.78. The normalized spacial score (nSPS) is 9.82. The molecule has 0 spiro atoms. The Morgan fingerprint density at radius 2 is 1.18 bits per heavy atom. The second-order valence-corrected chi connectivity index (χ2v) is 1.39. The third-order valence-electron chi connectivity index (χ3n) is 0.589. The van der Waals surface area contributed by atoms with E-state index in [1.807, 2.05) is 0 Å². The van der Waals surface area contributed by atoms with Gasteiger partial charge >= 0.3 is 11.9 Å². The largest absolute Gasteiger partial charge is 0.478 e. The average molecular weight is 206 g/mol. The van der Waals surface area contributed by atoms with E-state index in [4.69, 9.17) is 10.2 Å². The van der Waals surface area contributed by atoms with Crippen LogP contribution in [0.4, 0.5) is 0 Å². The fraction of sp³-hybridized carbons (Fsp3) is 0. The van der Waals surface area contributed by atoms with Gasteiger partial charge in [0.15, 0.2) is 0 Å². The minimum absolute atomic E-state index is 0. The van der Waals surface area contributed by atoms with E-state index in [2.05, 4.69) is 0 Å². The van der Waals surface area contributed by atoms with Crippen molar-refractivity contribution < 1.29 is 36.9 Å². The molecule has 0 aliphatic heterocycles. The molecule has 5 heteroatoms. The maximum absolute atomic E-state index is 9.78. The molecule has 0 saturated heterocycles. The van der Waals surface area contributed by atoms with E-state index in [0.717, 1.165) is 24.3 Å². The Bertz CT molecular complexity index is 173. The monoisotopic (exact) mass is 205 g/mol. The predicted octanol–water partition coefficient (Wildman–Crippen LogP) is 0.266. The van der Waals surface area contributed by atoms with Crippen molar-refractivity contribution >= 4 is 11.9 Å². The molecule has 4 nitrogen and oxygen atoms in total. The Morgan fingerprint density at radius 3 is 1.36 bits per heavy atom. The Labute approximate surface area is 73.7 Å². The summed E-state index contributed by atoms with van der Waals surface area (Å²) in [7, 11) is 0. The number of hydrogen-bond donors (Lipinski definition) is 2. The van der Waals surface area contributed by atoms with Crippen LogP contribution < -0.4 is 0 Å². The van der Waals surface area contributed by atoms with E-state index in [-0.39, 0.29) is 17.1 Å². The minimum atomic E-state index is -1.10. The molecule has 2 N–H and O–H groups in total. The van der Waals surface area contributed by atoms with Crippen molar-refractivity contribution in [2.45, 2.75) is 0 Å². The van der Waals surface area contributed by atoms with Crippen molar-refractivity contribution in [1.29, 1.82) is 0 Å². The second kappa shape index (κ2) is 7.05. The van der Waals surface area contributed by atoms with Gasteiger partial charge in [0.25, 0.3) is 0 Å². The van der Waals surface area contributed by atoms with Crippen LogP contribution in [0.25, 0.3) is 0 Å². The van der Waals surface area contributed by atoms with Crippen molar-refractivity contribution in [1.82, 2.24) is 0 Å². The number of carbonyl (C=O) groups is 2. The summed E-state index contributed by atoms with van der Waals surface area (Å²) >= 11 is 0. The molecule has 0 saturated carbocycles. The van der Waals surface area contributed by atoms with Gasteiger partial charge in [0.2, 0.25) is 0 Å². The standard InChI is InChI=1S/C6H6O4.Cu/c7-5(8)3-1-2-4-6(9)10;/h1-4H,(H,7,8)(H,9,10);/b3-1+,4-2+;. The quantitative estimate of drug-likeness (QED) is 0.394. The fourth-order valence-electron chi connectivity index (χ4n) is 0.276. The Kier molecular flexibility index (Phi) is 8.08. The Morgan fingerprint density at radius 1 is 0.909 bits per heavy atom. The summed E-state index contributed by atoms with van der Waals surface area (Å²) in [4.78, 5) is 19.6. The number of rotatable bonds is 3. The van der Waals surface area contributed by atoms with E-state index in [1.165, 1.54) is 0 Å². The second-order valence-electron chi connectivity index (χ2n) is 1.39. The topological polar surface area (TPSA) is 74.6 Å². The number of allylic oxidation sites excluding steroid dienone is 2. The zero-order valence-electron chi connectivity index (χ0n) is 5.32. The van der Waals surface area contributed by atoms with Gasteiger partial charge in [0, 0.05) is 29.2 Å². The first-order valence-electron chi connectivity index (χ1n) is 2.43. The first-order chi connectivity index (χ1) is 4.63. The number of carboxylic acids is 2. The minimum Gasteiger partial charge on any atom is -0.478 e. The van der Waals surface area contributed by atoms with Crippen LogP contribution in [-0.4, -0.2) is 22.2 Å². The van der Waals surface area contributed by atoms with Crippen LogP contribution in [0.5, 0.6) is 0 Å². The summed E-state index contributed by atoms with van der Waals surface area (Å²) in [5.74, 6) is -2.20. The summed E-state index contributed by atoms with van der Waals surface area (Å²) < 4.78 is 0. The zero-order chi connectivity index (χ0) is 7.98. The Balaban J connectivity index is 0. The van der Waals surface area contributed by atoms with Crippen LogP contribution in [-0.2, 0) is 26.7 Å². The van der Waals surface area contributed by atoms with Crippen LogP contribution in [0.1, 0.15) is 0 Å². The zero-order valence-corrected chi connectivity index (χ0v) is 6.26. The van der Waals surface area contributed by atoms with Gasteiger partial charge in [0.1, 0.15) is 0 Å². The first kappa shape index (κ1) is 12.6. The first-order valence-corrected chi connectivity index (χ1v) is 2.43. The van der Waals surface area contributed by atoms with Crippen LogP contribution in [0.15, 0.2) is 24.3 Å². The molecule has 0 unspecified atom stereocenters. The van der Waals surface area contributed by atoms with Crippen molar-refractivity contribution in [2.24, 2.45) is 0 Å². The molecule has 0 aromatic rings. The molecule has 0 rings (SSSR count). The summed E-state index contributed by atoms with van der Waals surface area (Å²) in [6.45, 7) is 0. The molecule has 0 aromatic heterocycles. The number of carboxylic acid groups (broad SMARTS) is 2. The molecule has 0 bridgehead atoms. The summed E-state index contributed by atoms with van der Waals surface area (Å²) in [6, 6.07) is 0. The summed E-state index contributed by atoms with van der Waals surface area (Å²) in [5, 5.41) is 16.0. The number of hydrogen-bond acceptors (Lipinski definition) is 2. The summed E-state index contributed by atoms with van der Waals surface area (Å²) in [5.41, 5.74) is 0. The molecule has 0 atom stereocenters. The van der Waals surface area contributed by atoms with Crippen LogP contribution in [0, 0.1) is 0 Å². The van der Waals surface area contributed by atoms with Gasteiger partial charge in [-0.25, -0.2) is 9.59 Å². The van der Waals surface area contributed by atoms with Gasteiger partial charge < -0.3 is 10.2 Å².